The van der Waals surface area contributed by atoms with Crippen LogP contribution in [0.2, 0.25) is 5.02 Å². The van der Waals surface area contributed by atoms with Crippen LogP contribution in [0.25, 0.3) is 0 Å². The Labute approximate surface area is 160 Å². The first-order valence-corrected chi connectivity index (χ1v) is 10.6. The van der Waals surface area contributed by atoms with Gasteiger partial charge in [0.15, 0.2) is 20.7 Å². The molecule has 1 aromatic heterocycles. The van der Waals surface area contributed by atoms with E-state index in [0.717, 1.165) is 11.3 Å². The highest BCUT2D eigenvalue weighted by Gasteiger charge is 2.16. The van der Waals surface area contributed by atoms with Gasteiger partial charge in [-0.25, -0.2) is 18.2 Å². The minimum absolute atomic E-state index is 0.0150. The molecule has 0 radical (unpaired) electrons. The average molecular weight is 417 g/mol. The minimum atomic E-state index is -3.47. The molecule has 2 rings (SSSR count). The van der Waals surface area contributed by atoms with E-state index in [1.54, 1.807) is 6.92 Å². The number of anilines is 1. The summed E-state index contributed by atoms with van der Waals surface area (Å²) in [6, 6.07) is 5.88. The summed E-state index contributed by atoms with van der Waals surface area (Å²) in [4.78, 5) is 27.6. The summed E-state index contributed by atoms with van der Waals surface area (Å²) in [5.41, 5.74) is 0.123. The number of thiazole rings is 1. The van der Waals surface area contributed by atoms with Crippen molar-refractivity contribution in [2.45, 2.75) is 24.7 Å². The maximum Gasteiger partial charge on any atom is 0.357 e. The number of hydrogen-bond acceptors (Lipinski definition) is 7. The molecular formula is C16H17ClN2O5S2. The van der Waals surface area contributed by atoms with E-state index in [2.05, 4.69) is 10.3 Å². The second-order valence-electron chi connectivity index (χ2n) is 5.18. The maximum absolute atomic E-state index is 12.2. The molecule has 0 aliphatic rings. The number of nitrogens with one attached hydrogen (secondary N) is 1. The molecule has 0 fully saturated rings. The number of carbonyl (C=O) groups is 2. The Balaban J connectivity index is 1.83. The number of esters is 1. The lowest BCUT2D eigenvalue weighted by molar-refractivity contribution is -0.116. The Bertz CT molecular complexity index is 878. The van der Waals surface area contributed by atoms with Gasteiger partial charge in [0.05, 0.1) is 17.3 Å². The van der Waals surface area contributed by atoms with Gasteiger partial charge in [-0.05, 0) is 37.6 Å². The summed E-state index contributed by atoms with van der Waals surface area (Å²) in [7, 11) is -3.47. The summed E-state index contributed by atoms with van der Waals surface area (Å²) < 4.78 is 29.2. The van der Waals surface area contributed by atoms with E-state index < -0.39 is 15.8 Å². The lowest BCUT2D eigenvalue weighted by Gasteiger charge is -2.05. The van der Waals surface area contributed by atoms with Gasteiger partial charge < -0.3 is 10.1 Å². The Morgan fingerprint density at radius 3 is 2.62 bits per heavy atom. The highest BCUT2D eigenvalue weighted by molar-refractivity contribution is 7.91. The Hall–Kier alpha value is -1.97. The van der Waals surface area contributed by atoms with Crippen molar-refractivity contribution in [3.05, 3.63) is 40.4 Å². The van der Waals surface area contributed by atoms with Crippen LogP contribution >= 0.6 is 22.9 Å². The summed E-state index contributed by atoms with van der Waals surface area (Å²) in [6.07, 6.45) is 0.175. The van der Waals surface area contributed by atoms with Crippen LogP contribution in [0, 0.1) is 0 Å². The number of benzene rings is 1. The first-order valence-electron chi connectivity index (χ1n) is 7.72. The molecular weight excluding hydrogens is 400 g/mol. The van der Waals surface area contributed by atoms with Gasteiger partial charge in [0.2, 0.25) is 5.91 Å². The quantitative estimate of drug-likeness (QED) is 0.663. The predicted molar refractivity (Wildman–Crippen MR) is 99.4 cm³/mol. The lowest BCUT2D eigenvalue weighted by Crippen LogP contribution is -2.14. The second kappa shape index (κ2) is 9.11. The van der Waals surface area contributed by atoms with Crippen molar-refractivity contribution in [3.8, 4) is 0 Å². The zero-order valence-electron chi connectivity index (χ0n) is 13.9. The molecule has 0 atom stereocenters. The van der Waals surface area contributed by atoms with E-state index in [0.29, 0.717) is 5.02 Å². The van der Waals surface area contributed by atoms with Crippen molar-refractivity contribution in [2.24, 2.45) is 0 Å². The molecule has 1 heterocycles. The van der Waals surface area contributed by atoms with Crippen molar-refractivity contribution >= 4 is 49.8 Å². The Kier molecular flexibility index (Phi) is 7.13. The van der Waals surface area contributed by atoms with Crippen molar-refractivity contribution < 1.29 is 22.7 Å². The highest BCUT2D eigenvalue weighted by Crippen LogP contribution is 2.18. The number of hydrogen-bond donors (Lipinski definition) is 1. The van der Waals surface area contributed by atoms with Crippen LogP contribution in [0.15, 0.2) is 34.5 Å². The van der Waals surface area contributed by atoms with Crippen LogP contribution in [-0.2, 0) is 19.4 Å². The molecule has 0 aliphatic heterocycles. The number of amides is 1. The van der Waals surface area contributed by atoms with Gasteiger partial charge >= 0.3 is 5.97 Å². The van der Waals surface area contributed by atoms with Gasteiger partial charge in [0.1, 0.15) is 0 Å². The van der Waals surface area contributed by atoms with Crippen molar-refractivity contribution in [1.29, 1.82) is 0 Å². The Morgan fingerprint density at radius 1 is 1.27 bits per heavy atom. The standard InChI is InChI=1S/C16H17ClN2O5S2/c1-2-24-15(21)13-10-25-16(18-13)19-14(20)4-3-9-26(22,23)12-7-5-11(17)6-8-12/h5-8,10H,2-4,9H2,1H3,(H,18,19,20). The third-order valence-electron chi connectivity index (χ3n) is 3.22. The van der Waals surface area contributed by atoms with Crippen molar-refractivity contribution in [2.75, 3.05) is 17.7 Å². The molecule has 1 amide bonds. The van der Waals surface area contributed by atoms with Crippen LogP contribution in [0.1, 0.15) is 30.3 Å². The van der Waals surface area contributed by atoms with Crippen LogP contribution in [0.5, 0.6) is 0 Å². The van der Waals surface area contributed by atoms with Crippen LogP contribution < -0.4 is 5.32 Å². The van der Waals surface area contributed by atoms with Crippen LogP contribution in [0.3, 0.4) is 0 Å². The highest BCUT2D eigenvalue weighted by atomic mass is 35.5. The molecule has 10 heteroatoms. The van der Waals surface area contributed by atoms with E-state index in [-0.39, 0.29) is 46.8 Å². The molecule has 1 aromatic carbocycles. The molecule has 2 aromatic rings. The third-order valence-corrected chi connectivity index (χ3v) is 6.05. The monoisotopic (exact) mass is 416 g/mol. The number of aromatic nitrogens is 1. The molecule has 0 saturated carbocycles. The van der Waals surface area contributed by atoms with Gasteiger partial charge in [-0.15, -0.1) is 11.3 Å². The Morgan fingerprint density at radius 2 is 1.96 bits per heavy atom. The molecule has 0 saturated heterocycles. The van der Waals surface area contributed by atoms with E-state index >= 15 is 0 Å². The molecule has 26 heavy (non-hydrogen) atoms. The summed E-state index contributed by atoms with van der Waals surface area (Å²) in [5.74, 6) is -1.09. The molecule has 0 aliphatic carbocycles. The molecule has 1 N–H and O–H groups in total. The predicted octanol–water partition coefficient (Wildman–Crippen LogP) is 3.17. The minimum Gasteiger partial charge on any atom is -0.461 e. The number of nitrogens with zero attached hydrogens (tertiary/aromatic N) is 1. The molecule has 0 bridgehead atoms. The van der Waals surface area contributed by atoms with Crippen molar-refractivity contribution in [3.63, 3.8) is 0 Å². The van der Waals surface area contributed by atoms with Crippen LogP contribution in [-0.4, -0.2) is 37.6 Å². The second-order valence-corrected chi connectivity index (χ2v) is 8.59. The maximum atomic E-state index is 12.2. The largest absolute Gasteiger partial charge is 0.461 e. The van der Waals surface area contributed by atoms with Crippen molar-refractivity contribution in [1.82, 2.24) is 4.98 Å². The average Bonchev–Trinajstić information content (AvgIpc) is 3.04. The number of rotatable bonds is 8. The first-order chi connectivity index (χ1) is 12.3. The van der Waals surface area contributed by atoms with E-state index in [1.165, 1.54) is 29.6 Å². The van der Waals surface area contributed by atoms with Crippen LogP contribution in [0.4, 0.5) is 5.13 Å². The summed E-state index contributed by atoms with van der Waals surface area (Å²) in [5, 5.41) is 4.74. The zero-order valence-corrected chi connectivity index (χ0v) is 16.3. The van der Waals surface area contributed by atoms with E-state index in [4.69, 9.17) is 16.3 Å². The molecule has 7 nitrogen and oxygen atoms in total. The fourth-order valence-electron chi connectivity index (χ4n) is 1.99. The smallest absolute Gasteiger partial charge is 0.357 e. The summed E-state index contributed by atoms with van der Waals surface area (Å²) in [6.45, 7) is 1.92. The fraction of sp³-hybridized carbons (Fsp3) is 0.312. The lowest BCUT2D eigenvalue weighted by atomic mass is 10.3. The van der Waals surface area contributed by atoms with Gasteiger partial charge in [0.25, 0.3) is 0 Å². The third kappa shape index (κ3) is 5.79. The van der Waals surface area contributed by atoms with E-state index in [9.17, 15) is 18.0 Å². The molecule has 0 spiro atoms. The van der Waals surface area contributed by atoms with E-state index in [1.807, 2.05) is 0 Å². The van der Waals surface area contributed by atoms with Gasteiger partial charge in [-0.1, -0.05) is 11.6 Å². The fourth-order valence-corrected chi connectivity index (χ4v) is 4.13. The zero-order chi connectivity index (χ0) is 19.2. The number of ether oxygens (including phenoxy) is 1. The molecule has 0 unspecified atom stereocenters. The van der Waals surface area contributed by atoms with Gasteiger partial charge in [-0.3, -0.25) is 4.79 Å². The topological polar surface area (TPSA) is 102 Å². The number of carbonyl (C=O) groups excluding carboxylic acids is 2. The first kappa shape index (κ1) is 20.3. The SMILES string of the molecule is CCOC(=O)c1csc(NC(=O)CCCS(=O)(=O)c2ccc(Cl)cc2)n1. The number of halogens is 1. The van der Waals surface area contributed by atoms with Gasteiger partial charge in [0, 0.05) is 16.8 Å². The molecule has 140 valence electrons. The summed E-state index contributed by atoms with van der Waals surface area (Å²) >= 11 is 6.84. The number of sulfone groups is 1. The normalized spacial score (nSPS) is 11.2. The van der Waals surface area contributed by atoms with Gasteiger partial charge in [-0.2, -0.15) is 0 Å².